The van der Waals surface area contributed by atoms with Crippen LogP contribution in [0.3, 0.4) is 0 Å². The molecule has 2 aromatic heterocycles. The summed E-state index contributed by atoms with van der Waals surface area (Å²) in [5.74, 6) is -0.557. The van der Waals surface area contributed by atoms with Gasteiger partial charge in [0, 0.05) is 12.7 Å². The predicted octanol–water partition coefficient (Wildman–Crippen LogP) is 3.49. The molecule has 0 aliphatic carbocycles. The lowest BCUT2D eigenvalue weighted by atomic mass is 9.87. The smallest absolute Gasteiger partial charge is 0.324 e. The highest BCUT2D eigenvalue weighted by molar-refractivity contribution is 7.19. The number of alkyl halides is 3. The third kappa shape index (κ3) is 4.11. The van der Waals surface area contributed by atoms with E-state index in [1.807, 2.05) is 0 Å². The van der Waals surface area contributed by atoms with Gasteiger partial charge in [0.15, 0.2) is 5.13 Å². The van der Waals surface area contributed by atoms with Gasteiger partial charge in [-0.3, -0.25) is 15.1 Å². The molecule has 0 bridgehead atoms. The van der Waals surface area contributed by atoms with Crippen LogP contribution < -0.4 is 11.1 Å². The van der Waals surface area contributed by atoms with E-state index in [2.05, 4.69) is 15.3 Å². The van der Waals surface area contributed by atoms with E-state index in [1.54, 1.807) is 13.0 Å². The van der Waals surface area contributed by atoms with Crippen molar-refractivity contribution in [2.75, 3.05) is 18.5 Å². The number of halogens is 3. The van der Waals surface area contributed by atoms with Gasteiger partial charge < -0.3 is 10.6 Å². The molecule has 2 aromatic rings. The molecule has 0 aromatic carbocycles. The van der Waals surface area contributed by atoms with Crippen molar-refractivity contribution in [2.24, 2.45) is 5.73 Å². The van der Waals surface area contributed by atoms with Gasteiger partial charge in [-0.05, 0) is 44.4 Å². The molecule has 30 heavy (non-hydrogen) atoms. The SMILES string of the molecule is Cc1nc(NC(=O)N2CCC[C@H]2C(N)=O)sc1-c1ccnc(C(C)(CF)C(F)F)c1. The molecule has 2 atom stereocenters. The second-order valence-corrected chi connectivity index (χ2v) is 8.40. The van der Waals surface area contributed by atoms with Gasteiger partial charge in [0.05, 0.1) is 21.7 Å². The molecule has 11 heteroatoms. The number of aromatic nitrogens is 2. The van der Waals surface area contributed by atoms with Gasteiger partial charge in [-0.1, -0.05) is 11.3 Å². The third-order valence-corrected chi connectivity index (χ3v) is 6.34. The van der Waals surface area contributed by atoms with Crippen LogP contribution in [0.5, 0.6) is 0 Å². The Morgan fingerprint density at radius 3 is 2.83 bits per heavy atom. The van der Waals surface area contributed by atoms with Gasteiger partial charge in [-0.25, -0.2) is 22.9 Å². The summed E-state index contributed by atoms with van der Waals surface area (Å²) >= 11 is 1.15. The Bertz CT molecular complexity index is 954. The average molecular weight is 441 g/mol. The molecule has 3 heterocycles. The van der Waals surface area contributed by atoms with Crippen molar-refractivity contribution >= 4 is 28.4 Å². The Morgan fingerprint density at radius 2 is 2.20 bits per heavy atom. The van der Waals surface area contributed by atoms with Crippen molar-refractivity contribution < 1.29 is 22.8 Å². The molecule has 3 N–H and O–H groups in total. The minimum absolute atomic E-state index is 0.0581. The number of likely N-dealkylation sites (tertiary alicyclic amines) is 1. The number of nitrogens with zero attached hydrogens (tertiary/aromatic N) is 3. The monoisotopic (exact) mass is 441 g/mol. The molecule has 3 amide bonds. The van der Waals surface area contributed by atoms with Crippen LogP contribution in [0.2, 0.25) is 0 Å². The van der Waals surface area contributed by atoms with Gasteiger partial charge in [0.25, 0.3) is 6.43 Å². The number of amides is 3. The highest BCUT2D eigenvalue weighted by atomic mass is 32.1. The molecule has 1 aliphatic rings. The van der Waals surface area contributed by atoms with E-state index in [1.165, 1.54) is 17.2 Å². The second-order valence-electron chi connectivity index (χ2n) is 7.40. The first-order chi connectivity index (χ1) is 14.2. The maximum atomic E-state index is 13.4. The number of nitrogens with one attached hydrogen (secondary N) is 1. The number of rotatable bonds is 6. The second kappa shape index (κ2) is 8.58. The highest BCUT2D eigenvalue weighted by Crippen LogP contribution is 2.36. The summed E-state index contributed by atoms with van der Waals surface area (Å²) in [5, 5.41) is 2.96. The molecule has 162 valence electrons. The normalized spacial score (nSPS) is 18.5. The minimum atomic E-state index is -2.92. The average Bonchev–Trinajstić information content (AvgIpc) is 3.34. The van der Waals surface area contributed by atoms with Gasteiger partial charge in [-0.2, -0.15) is 0 Å². The Labute approximate surface area is 175 Å². The van der Waals surface area contributed by atoms with E-state index in [0.717, 1.165) is 18.3 Å². The van der Waals surface area contributed by atoms with Gasteiger partial charge in [-0.15, -0.1) is 0 Å². The van der Waals surface area contributed by atoms with Crippen LogP contribution in [-0.4, -0.2) is 52.5 Å². The topological polar surface area (TPSA) is 101 Å². The van der Waals surface area contributed by atoms with E-state index in [0.29, 0.717) is 40.7 Å². The lowest BCUT2D eigenvalue weighted by Crippen LogP contribution is -2.45. The maximum absolute atomic E-state index is 13.4. The Kier molecular flexibility index (Phi) is 6.30. The van der Waals surface area contributed by atoms with Crippen LogP contribution in [0.4, 0.5) is 23.1 Å². The molecule has 0 spiro atoms. The minimum Gasteiger partial charge on any atom is -0.368 e. The number of aryl methyl sites for hydroxylation is 1. The fourth-order valence-corrected chi connectivity index (χ4v) is 4.26. The lowest BCUT2D eigenvalue weighted by molar-refractivity contribution is -0.121. The van der Waals surface area contributed by atoms with Gasteiger partial charge >= 0.3 is 6.03 Å². The Balaban J connectivity index is 1.84. The standard InChI is InChI=1S/C19H22F3N5O2S/c1-10-14(11-5-6-24-13(8-11)19(2,9-20)16(21)22)30-17(25-10)26-18(29)27-7-3-4-12(27)15(23)28/h5-6,8,12,16H,3-4,7,9H2,1-2H3,(H2,23,28)(H,25,26,29)/t12-,19?/m0/s1. The van der Waals surface area contributed by atoms with Crippen molar-refractivity contribution in [3.8, 4) is 10.4 Å². The van der Waals surface area contributed by atoms with Crippen LogP contribution in [0, 0.1) is 6.92 Å². The summed E-state index contributed by atoms with van der Waals surface area (Å²) in [5.41, 5.74) is 4.40. The molecule has 0 saturated carbocycles. The zero-order chi connectivity index (χ0) is 22.1. The summed E-state index contributed by atoms with van der Waals surface area (Å²) < 4.78 is 40.1. The molecule has 1 saturated heterocycles. The number of anilines is 1. The number of primary amides is 1. The number of carbonyl (C=O) groups excluding carboxylic acids is 2. The largest absolute Gasteiger partial charge is 0.368 e. The zero-order valence-corrected chi connectivity index (χ0v) is 17.3. The first-order valence-corrected chi connectivity index (χ1v) is 10.1. The summed E-state index contributed by atoms with van der Waals surface area (Å²) in [6.45, 7) is 2.01. The van der Waals surface area contributed by atoms with Crippen LogP contribution in [0.1, 0.15) is 31.2 Å². The first kappa shape index (κ1) is 22.0. The van der Waals surface area contributed by atoms with Crippen LogP contribution in [-0.2, 0) is 10.2 Å². The number of hydrogen-bond acceptors (Lipinski definition) is 5. The summed E-state index contributed by atoms with van der Waals surface area (Å²) in [6.07, 6.45) is -0.371. The van der Waals surface area contributed by atoms with Gasteiger partial charge in [0.1, 0.15) is 12.7 Å². The fourth-order valence-electron chi connectivity index (χ4n) is 3.31. The van der Waals surface area contributed by atoms with E-state index >= 15 is 0 Å². The number of urea groups is 1. The van der Waals surface area contributed by atoms with Crippen LogP contribution in [0.15, 0.2) is 18.3 Å². The van der Waals surface area contributed by atoms with E-state index in [4.69, 9.17) is 5.73 Å². The number of thiazole rings is 1. The number of hydrogen-bond donors (Lipinski definition) is 2. The lowest BCUT2D eigenvalue weighted by Gasteiger charge is -2.24. The molecule has 1 unspecified atom stereocenters. The highest BCUT2D eigenvalue weighted by Gasteiger charge is 2.39. The van der Waals surface area contributed by atoms with Crippen LogP contribution in [0.25, 0.3) is 10.4 Å². The molecule has 1 fully saturated rings. The molecule has 0 radical (unpaired) electrons. The number of nitrogens with two attached hydrogens (primary N) is 1. The predicted molar refractivity (Wildman–Crippen MR) is 107 cm³/mol. The Hall–Kier alpha value is -2.69. The third-order valence-electron chi connectivity index (χ3n) is 5.22. The summed E-state index contributed by atoms with van der Waals surface area (Å²) in [6, 6.07) is 1.90. The van der Waals surface area contributed by atoms with Crippen molar-refractivity contribution in [1.82, 2.24) is 14.9 Å². The molecule has 3 rings (SSSR count). The summed E-state index contributed by atoms with van der Waals surface area (Å²) in [7, 11) is 0. The van der Waals surface area contributed by atoms with E-state index in [9.17, 15) is 22.8 Å². The molecule has 1 aliphatic heterocycles. The summed E-state index contributed by atoms with van der Waals surface area (Å²) in [4.78, 5) is 34.3. The van der Waals surface area contributed by atoms with Crippen molar-refractivity contribution in [2.45, 2.75) is 44.6 Å². The molecular formula is C19H22F3N5O2S. The van der Waals surface area contributed by atoms with E-state index < -0.39 is 36.5 Å². The Morgan fingerprint density at radius 1 is 1.47 bits per heavy atom. The van der Waals surface area contributed by atoms with Crippen molar-refractivity contribution in [3.63, 3.8) is 0 Å². The number of carbonyl (C=O) groups is 2. The van der Waals surface area contributed by atoms with Gasteiger partial charge in [0.2, 0.25) is 5.91 Å². The maximum Gasteiger partial charge on any atom is 0.324 e. The quantitative estimate of drug-likeness (QED) is 0.717. The molecular weight excluding hydrogens is 419 g/mol. The fraction of sp³-hybridized carbons (Fsp3) is 0.474. The zero-order valence-electron chi connectivity index (χ0n) is 16.5. The first-order valence-electron chi connectivity index (χ1n) is 9.32. The van der Waals surface area contributed by atoms with E-state index in [-0.39, 0.29) is 5.69 Å². The van der Waals surface area contributed by atoms with Crippen molar-refractivity contribution in [1.29, 1.82) is 0 Å². The number of pyridine rings is 1. The van der Waals surface area contributed by atoms with Crippen molar-refractivity contribution in [3.05, 3.63) is 29.7 Å². The van der Waals surface area contributed by atoms with Crippen LogP contribution >= 0.6 is 11.3 Å². The molecule has 7 nitrogen and oxygen atoms in total.